The lowest BCUT2D eigenvalue weighted by atomic mass is 9.89. The number of anilines is 1. The van der Waals surface area contributed by atoms with Crippen LogP contribution in [0.25, 0.3) is 11.0 Å². The molecule has 0 saturated carbocycles. The number of aromatic amines is 1. The standard InChI is InChI=1S/C19H22N6O3.C4H8F3N/c1-27-9-10-28-19-23-16(12-26)22-18(24-19)25-7-4-13(5-8-25)15-11-21-17-14(15)3-2-6-20-17;1-3(8-2)4(5,6)7/h2-3,6,11-13H,4-5,7-10H2,1H3,(H,20,21);3,8H,1-2H3. The largest absolute Gasteiger partial charge is 0.461 e. The Bertz CT molecular complexity index is 1120. The van der Waals surface area contributed by atoms with Crippen LogP contribution in [-0.2, 0) is 4.74 Å². The third-order valence-electron chi connectivity index (χ3n) is 5.87. The molecule has 1 aliphatic heterocycles. The summed E-state index contributed by atoms with van der Waals surface area (Å²) in [4.78, 5) is 33.5. The number of halogens is 3. The number of carbonyl (C=O) groups is 1. The molecule has 4 heterocycles. The molecule has 1 saturated heterocycles. The minimum absolute atomic E-state index is 0.0715. The number of methoxy groups -OCH3 is 1. The molecule has 4 rings (SSSR count). The summed E-state index contributed by atoms with van der Waals surface area (Å²) < 4.78 is 44.6. The highest BCUT2D eigenvalue weighted by atomic mass is 19.4. The van der Waals surface area contributed by atoms with Crippen LogP contribution in [0.2, 0.25) is 0 Å². The van der Waals surface area contributed by atoms with E-state index in [1.54, 1.807) is 13.3 Å². The summed E-state index contributed by atoms with van der Waals surface area (Å²) >= 11 is 0. The van der Waals surface area contributed by atoms with E-state index in [1.807, 2.05) is 6.07 Å². The number of nitrogens with one attached hydrogen (secondary N) is 2. The molecule has 0 aromatic carbocycles. The number of nitrogens with zero attached hydrogens (tertiary/aromatic N) is 5. The lowest BCUT2D eigenvalue weighted by Crippen LogP contribution is -2.36. The molecule has 3 aromatic rings. The Morgan fingerprint density at radius 3 is 2.61 bits per heavy atom. The first-order valence-electron chi connectivity index (χ1n) is 11.5. The van der Waals surface area contributed by atoms with Gasteiger partial charge in [-0.05, 0) is 50.4 Å². The van der Waals surface area contributed by atoms with Gasteiger partial charge in [-0.25, -0.2) is 4.98 Å². The fourth-order valence-corrected chi connectivity index (χ4v) is 3.71. The molecule has 2 N–H and O–H groups in total. The molecule has 10 nitrogen and oxygen atoms in total. The van der Waals surface area contributed by atoms with Crippen LogP contribution in [0.5, 0.6) is 6.01 Å². The van der Waals surface area contributed by atoms with Crippen LogP contribution in [0.1, 0.15) is 41.9 Å². The minimum atomic E-state index is -4.10. The van der Waals surface area contributed by atoms with E-state index < -0.39 is 12.2 Å². The molecular formula is C23H30F3N7O3. The van der Waals surface area contributed by atoms with E-state index in [-0.39, 0.29) is 11.8 Å². The Kier molecular flexibility index (Phi) is 9.53. The van der Waals surface area contributed by atoms with Gasteiger partial charge >= 0.3 is 12.2 Å². The maximum Gasteiger partial charge on any atom is 0.403 e. The number of piperidine rings is 1. The molecule has 13 heteroatoms. The highest BCUT2D eigenvalue weighted by Crippen LogP contribution is 2.33. The number of fused-ring (bicyclic) bond motifs is 1. The summed E-state index contributed by atoms with van der Waals surface area (Å²) in [5, 5.41) is 3.26. The van der Waals surface area contributed by atoms with E-state index in [0.29, 0.717) is 31.4 Å². The number of carbonyl (C=O) groups excluding carboxylic acids is 1. The van der Waals surface area contributed by atoms with Crippen molar-refractivity contribution in [2.75, 3.05) is 45.4 Å². The van der Waals surface area contributed by atoms with Crippen molar-refractivity contribution in [2.45, 2.75) is 37.9 Å². The zero-order valence-corrected chi connectivity index (χ0v) is 20.4. The second-order valence-corrected chi connectivity index (χ2v) is 8.19. The van der Waals surface area contributed by atoms with Gasteiger partial charge in [0.05, 0.1) is 6.61 Å². The molecule has 0 radical (unpaired) electrons. The molecule has 1 aliphatic rings. The van der Waals surface area contributed by atoms with Gasteiger partial charge in [0.2, 0.25) is 11.8 Å². The Labute approximate surface area is 206 Å². The molecule has 0 amide bonds. The smallest absolute Gasteiger partial charge is 0.403 e. The third kappa shape index (κ3) is 7.10. The molecule has 36 heavy (non-hydrogen) atoms. The Morgan fingerprint density at radius 1 is 1.25 bits per heavy atom. The van der Waals surface area contributed by atoms with E-state index in [0.717, 1.165) is 38.5 Å². The van der Waals surface area contributed by atoms with Crippen molar-refractivity contribution in [1.29, 1.82) is 0 Å². The summed E-state index contributed by atoms with van der Waals surface area (Å²) in [7, 11) is 2.87. The number of alkyl halides is 3. The van der Waals surface area contributed by atoms with E-state index in [4.69, 9.17) is 9.47 Å². The minimum Gasteiger partial charge on any atom is -0.461 e. The summed E-state index contributed by atoms with van der Waals surface area (Å²) in [6.45, 7) is 3.38. The van der Waals surface area contributed by atoms with Gasteiger partial charge in [-0.15, -0.1) is 0 Å². The summed E-state index contributed by atoms with van der Waals surface area (Å²) in [6.07, 6.45) is 2.29. The van der Waals surface area contributed by atoms with Crippen molar-refractivity contribution in [3.63, 3.8) is 0 Å². The van der Waals surface area contributed by atoms with Crippen LogP contribution < -0.4 is 15.0 Å². The van der Waals surface area contributed by atoms with Crippen molar-refractivity contribution in [3.05, 3.63) is 35.9 Å². The molecule has 1 fully saturated rings. The van der Waals surface area contributed by atoms with Crippen molar-refractivity contribution < 1.29 is 27.4 Å². The van der Waals surface area contributed by atoms with Gasteiger partial charge in [0.1, 0.15) is 18.3 Å². The SMILES string of the molecule is CNC(C)C(F)(F)F.COCCOc1nc(C=O)nc(N2CCC(c3c[nH]c4ncccc34)CC2)n1. The number of H-pyrrole nitrogens is 1. The highest BCUT2D eigenvalue weighted by molar-refractivity contribution is 5.80. The maximum absolute atomic E-state index is 11.4. The lowest BCUT2D eigenvalue weighted by Gasteiger charge is -2.32. The van der Waals surface area contributed by atoms with Crippen LogP contribution in [-0.4, -0.2) is 83.9 Å². The normalized spacial score (nSPS) is 15.3. The Morgan fingerprint density at radius 2 is 2.00 bits per heavy atom. The van der Waals surface area contributed by atoms with Gasteiger partial charge in [0.15, 0.2) is 6.29 Å². The van der Waals surface area contributed by atoms with E-state index in [1.165, 1.54) is 18.0 Å². The zero-order chi connectivity index (χ0) is 26.1. The zero-order valence-electron chi connectivity index (χ0n) is 20.4. The fourth-order valence-electron chi connectivity index (χ4n) is 3.71. The number of aldehydes is 1. The second kappa shape index (κ2) is 12.6. The molecule has 1 unspecified atom stereocenters. The summed E-state index contributed by atoms with van der Waals surface area (Å²) in [5.74, 6) is 0.991. The number of hydrogen-bond acceptors (Lipinski definition) is 9. The summed E-state index contributed by atoms with van der Waals surface area (Å²) in [6, 6.07) is 2.81. The number of ether oxygens (including phenoxy) is 2. The van der Waals surface area contributed by atoms with Gasteiger partial charge < -0.3 is 24.7 Å². The van der Waals surface area contributed by atoms with E-state index >= 15 is 0 Å². The molecule has 0 aliphatic carbocycles. The predicted molar refractivity (Wildman–Crippen MR) is 127 cm³/mol. The third-order valence-corrected chi connectivity index (χ3v) is 5.87. The number of pyridine rings is 1. The van der Waals surface area contributed by atoms with Gasteiger partial charge in [-0.3, -0.25) is 4.79 Å². The fraction of sp³-hybridized carbons (Fsp3) is 0.522. The van der Waals surface area contributed by atoms with Crippen molar-refractivity contribution in [2.24, 2.45) is 0 Å². The van der Waals surface area contributed by atoms with Crippen molar-refractivity contribution in [1.82, 2.24) is 30.2 Å². The number of aromatic nitrogens is 5. The van der Waals surface area contributed by atoms with Gasteiger partial charge in [0, 0.05) is 38.0 Å². The van der Waals surface area contributed by atoms with E-state index in [2.05, 4.69) is 47.4 Å². The molecule has 0 bridgehead atoms. The second-order valence-electron chi connectivity index (χ2n) is 8.19. The molecule has 1 atom stereocenters. The van der Waals surface area contributed by atoms with Gasteiger partial charge in [0.25, 0.3) is 0 Å². The van der Waals surface area contributed by atoms with Crippen LogP contribution in [0.4, 0.5) is 19.1 Å². The quantitative estimate of drug-likeness (QED) is 0.349. The predicted octanol–water partition coefficient (Wildman–Crippen LogP) is 3.13. The maximum atomic E-state index is 11.4. The van der Waals surface area contributed by atoms with Crippen molar-refractivity contribution >= 4 is 23.3 Å². The number of hydrogen-bond donors (Lipinski definition) is 2. The molecule has 196 valence electrons. The molecule has 3 aromatic heterocycles. The van der Waals surface area contributed by atoms with Crippen LogP contribution in [0.15, 0.2) is 24.5 Å². The number of rotatable bonds is 8. The average Bonchev–Trinajstić information content (AvgIpc) is 3.32. The first-order chi connectivity index (χ1) is 17.3. The average molecular weight is 510 g/mol. The highest BCUT2D eigenvalue weighted by Gasteiger charge is 2.34. The summed E-state index contributed by atoms with van der Waals surface area (Å²) in [5.41, 5.74) is 2.22. The molecular weight excluding hydrogens is 479 g/mol. The molecule has 0 spiro atoms. The van der Waals surface area contributed by atoms with Crippen molar-refractivity contribution in [3.8, 4) is 6.01 Å². The Balaban J connectivity index is 0.000000392. The van der Waals surface area contributed by atoms with Gasteiger partial charge in [-0.2, -0.15) is 28.1 Å². The first-order valence-corrected chi connectivity index (χ1v) is 11.5. The Hall–Kier alpha value is -3.32. The van der Waals surface area contributed by atoms with Gasteiger partial charge in [-0.1, -0.05) is 0 Å². The van der Waals surface area contributed by atoms with Crippen LogP contribution in [0, 0.1) is 0 Å². The first kappa shape index (κ1) is 27.3. The lowest BCUT2D eigenvalue weighted by molar-refractivity contribution is -0.150. The van der Waals surface area contributed by atoms with E-state index in [9.17, 15) is 18.0 Å². The van der Waals surface area contributed by atoms with Crippen LogP contribution in [0.3, 0.4) is 0 Å². The van der Waals surface area contributed by atoms with Crippen LogP contribution >= 0.6 is 0 Å². The topological polar surface area (TPSA) is 118 Å². The monoisotopic (exact) mass is 509 g/mol.